The van der Waals surface area contributed by atoms with E-state index in [1.165, 1.54) is 56.7 Å². The quantitative estimate of drug-likeness (QED) is 0.291. The lowest BCUT2D eigenvalue weighted by Crippen LogP contribution is -2.89. The first-order valence-electron chi connectivity index (χ1n) is 19.8. The van der Waals surface area contributed by atoms with Gasteiger partial charge in [-0.3, -0.25) is 38.7 Å². The van der Waals surface area contributed by atoms with Gasteiger partial charge in [0.1, 0.15) is 42.0 Å². The number of fused-ring (bicyclic) bond motifs is 5. The minimum absolute atomic E-state index is 0.0180. The monoisotopic (exact) mass is 868 g/mol. The average molecular weight is 869 g/mol. The number of nitrogens with zero attached hydrogens (tertiary/aromatic N) is 2. The van der Waals surface area contributed by atoms with Gasteiger partial charge in [-0.05, 0) is 51.0 Å². The Bertz CT molecular complexity index is 2140. The van der Waals surface area contributed by atoms with Crippen molar-refractivity contribution in [2.24, 2.45) is 17.3 Å². The molecule has 0 aromatic carbocycles. The number of esters is 8. The summed E-state index contributed by atoms with van der Waals surface area (Å²) in [6.07, 6.45) is -8.18. The number of aromatic nitrogens is 2. The molecule has 2 aromatic heterocycles. The molecule has 6 rings (SSSR count). The Hall–Kier alpha value is -6.02. The maximum atomic E-state index is 14.4. The first-order valence-corrected chi connectivity index (χ1v) is 19.8. The molecule has 4 bridgehead atoms. The number of carbonyl (C=O) groups is 8. The van der Waals surface area contributed by atoms with Crippen LogP contribution < -0.4 is 0 Å². The zero-order valence-electron chi connectivity index (χ0n) is 35.3. The summed E-state index contributed by atoms with van der Waals surface area (Å²) in [6, 6.07) is 5.51. The largest absolute Gasteiger partial charge is 0.465 e. The summed E-state index contributed by atoms with van der Waals surface area (Å²) in [5.41, 5.74) is -10.2. The first-order chi connectivity index (χ1) is 29.1. The van der Waals surface area contributed by atoms with Gasteiger partial charge in [-0.2, -0.15) is 0 Å². The molecule has 2 aromatic rings. The summed E-state index contributed by atoms with van der Waals surface area (Å²) in [6.45, 7) is 7.10. The number of pyridine rings is 2. The Labute approximate surface area is 355 Å². The normalized spacial score (nSPS) is 35.0. The summed E-state index contributed by atoms with van der Waals surface area (Å²) in [5.74, 6) is -10.8. The van der Waals surface area contributed by atoms with Crippen molar-refractivity contribution in [1.82, 2.24) is 9.97 Å². The zero-order valence-corrected chi connectivity index (χ0v) is 35.3. The molecule has 20 heteroatoms. The molecule has 2 aliphatic carbocycles. The number of rotatable bonds is 8. The standard InChI is InChI=1S/C42H48N2O18/c1-20-11-12-28-27(10-9-15-44-28)38(52)55-18-39(7)29-30(56-22(3)46)34(58-24(5)48)41(19-54-21(2)45)35(59-25(6)49)31(60-37(51)26-13-16-43-17-14-26)33(61-36(20)50)40(8,53)42(41,62-39)32(29)57-23(4)47/h9-10,13-17,20,29-35,53H,11-12,18-19H2,1-8H3/t20-,29-,30-,31+,32-,33+,34-,35+,39+,40-,41-,42+/m1/s1. The second kappa shape index (κ2) is 17.0. The van der Waals surface area contributed by atoms with Crippen molar-refractivity contribution in [2.75, 3.05) is 13.2 Å². The van der Waals surface area contributed by atoms with Gasteiger partial charge in [0.2, 0.25) is 0 Å². The molecule has 2 saturated carbocycles. The van der Waals surface area contributed by atoms with E-state index in [1.54, 1.807) is 0 Å². The second-order valence-electron chi connectivity index (χ2n) is 16.3. The Morgan fingerprint density at radius 1 is 0.790 bits per heavy atom. The Balaban J connectivity index is 1.77. The SMILES string of the molecule is CC(=O)OC[C@]12[C@H](OC(C)=O)[C@H](OC(C)=O)[C@@H]3[C@@H](OC(C)=O)[C@@]14O[C@@]3(C)COC(=O)c1cccnc1CC[C@@H](C)C(=O)O[C@@H]([C@H](OC(=O)c1ccncc1)[C@@H]2OC(C)=O)[C@@]4(C)O. The van der Waals surface area contributed by atoms with Crippen LogP contribution in [0.4, 0.5) is 0 Å². The van der Waals surface area contributed by atoms with E-state index in [0.29, 0.717) is 0 Å². The predicted octanol–water partition coefficient (Wildman–Crippen LogP) is 1.55. The molecule has 0 amide bonds. The zero-order chi connectivity index (χ0) is 45.5. The maximum Gasteiger partial charge on any atom is 0.340 e. The molecule has 4 heterocycles. The van der Waals surface area contributed by atoms with Crippen LogP contribution >= 0.6 is 0 Å². The molecule has 1 saturated heterocycles. The van der Waals surface area contributed by atoms with Gasteiger partial charge in [0, 0.05) is 53.2 Å². The number of cyclic esters (lactones) is 1. The van der Waals surface area contributed by atoms with Crippen LogP contribution in [0.3, 0.4) is 0 Å². The molecule has 12 atom stereocenters. The van der Waals surface area contributed by atoms with Crippen molar-refractivity contribution >= 4 is 47.8 Å². The fourth-order valence-electron chi connectivity index (χ4n) is 9.65. The highest BCUT2D eigenvalue weighted by molar-refractivity contribution is 5.91. The lowest BCUT2D eigenvalue weighted by molar-refractivity contribution is -0.386. The lowest BCUT2D eigenvalue weighted by atomic mass is 9.45. The molecule has 20 nitrogen and oxygen atoms in total. The average Bonchev–Trinajstić information content (AvgIpc) is 3.41. The molecule has 0 radical (unpaired) electrons. The van der Waals surface area contributed by atoms with E-state index in [9.17, 15) is 43.5 Å². The lowest BCUT2D eigenvalue weighted by Gasteiger charge is -2.67. The van der Waals surface area contributed by atoms with Crippen LogP contribution in [0.1, 0.15) is 88.2 Å². The maximum absolute atomic E-state index is 14.4. The van der Waals surface area contributed by atoms with Gasteiger partial charge < -0.3 is 47.7 Å². The van der Waals surface area contributed by atoms with Gasteiger partial charge in [0.05, 0.1) is 28.7 Å². The summed E-state index contributed by atoms with van der Waals surface area (Å²) in [4.78, 5) is 117. The van der Waals surface area contributed by atoms with Crippen LogP contribution in [-0.4, -0.2) is 129 Å². The van der Waals surface area contributed by atoms with Gasteiger partial charge in [-0.25, -0.2) is 9.59 Å². The molecule has 0 unspecified atom stereocenters. The van der Waals surface area contributed by atoms with Crippen LogP contribution in [0.5, 0.6) is 0 Å². The third kappa shape index (κ3) is 7.73. The number of aliphatic hydroxyl groups is 1. The van der Waals surface area contributed by atoms with E-state index in [-0.39, 0.29) is 29.7 Å². The number of ether oxygens (including phenoxy) is 9. The van der Waals surface area contributed by atoms with Gasteiger partial charge in [0.15, 0.2) is 30.0 Å². The fraction of sp³-hybridized carbons (Fsp3) is 0.571. The van der Waals surface area contributed by atoms with Crippen LogP contribution in [0, 0.1) is 17.3 Å². The summed E-state index contributed by atoms with van der Waals surface area (Å²) < 4.78 is 55.2. The minimum atomic E-state index is -2.87. The van der Waals surface area contributed by atoms with Crippen molar-refractivity contribution in [3.05, 3.63) is 59.7 Å². The van der Waals surface area contributed by atoms with Gasteiger partial charge in [-0.15, -0.1) is 0 Å². The number of carbonyl (C=O) groups excluding carboxylic acids is 8. The van der Waals surface area contributed by atoms with Crippen LogP contribution in [0.25, 0.3) is 0 Å². The first kappa shape index (κ1) is 45.5. The smallest absolute Gasteiger partial charge is 0.340 e. The molecule has 1 spiro atoms. The molecule has 4 aliphatic rings. The van der Waals surface area contributed by atoms with E-state index < -0.39 is 132 Å². The van der Waals surface area contributed by atoms with Crippen LogP contribution in [-0.2, 0) is 77.8 Å². The predicted molar refractivity (Wildman–Crippen MR) is 203 cm³/mol. The van der Waals surface area contributed by atoms with Crippen molar-refractivity contribution in [2.45, 2.75) is 122 Å². The highest BCUT2D eigenvalue weighted by Gasteiger charge is 2.92. The number of hydrogen-bond donors (Lipinski definition) is 1. The fourth-order valence-corrected chi connectivity index (χ4v) is 9.65. The number of hydrogen-bond acceptors (Lipinski definition) is 20. The molecule has 1 N–H and O–H groups in total. The van der Waals surface area contributed by atoms with E-state index in [4.69, 9.17) is 42.6 Å². The molecule has 62 heavy (non-hydrogen) atoms. The topological polar surface area (TPSA) is 266 Å². The Morgan fingerprint density at radius 3 is 1.98 bits per heavy atom. The van der Waals surface area contributed by atoms with Crippen molar-refractivity contribution in [3.63, 3.8) is 0 Å². The molecule has 334 valence electrons. The van der Waals surface area contributed by atoms with Crippen molar-refractivity contribution in [3.8, 4) is 0 Å². The van der Waals surface area contributed by atoms with Gasteiger partial charge >= 0.3 is 47.8 Å². The second-order valence-corrected chi connectivity index (χ2v) is 16.3. The molecular weight excluding hydrogens is 820 g/mol. The summed E-state index contributed by atoms with van der Waals surface area (Å²) >= 11 is 0. The van der Waals surface area contributed by atoms with E-state index >= 15 is 0 Å². The molecular formula is C42H48N2O18. The highest BCUT2D eigenvalue weighted by atomic mass is 16.7. The van der Waals surface area contributed by atoms with Crippen molar-refractivity contribution in [1.29, 1.82) is 0 Å². The van der Waals surface area contributed by atoms with Gasteiger partial charge in [-0.1, -0.05) is 6.92 Å². The Kier molecular flexibility index (Phi) is 12.5. The third-order valence-electron chi connectivity index (χ3n) is 12.0. The van der Waals surface area contributed by atoms with Crippen LogP contribution in [0.15, 0.2) is 42.9 Å². The molecule has 2 aliphatic heterocycles. The number of aryl methyl sites for hydroxylation is 1. The van der Waals surface area contributed by atoms with E-state index in [2.05, 4.69) is 9.97 Å². The molecule has 3 fully saturated rings. The Morgan fingerprint density at radius 2 is 1.39 bits per heavy atom. The van der Waals surface area contributed by atoms with E-state index in [0.717, 1.165) is 41.5 Å². The van der Waals surface area contributed by atoms with E-state index in [1.807, 2.05) is 0 Å². The third-order valence-corrected chi connectivity index (χ3v) is 12.0. The highest BCUT2D eigenvalue weighted by Crippen LogP contribution is 2.70. The van der Waals surface area contributed by atoms with Gasteiger partial charge in [0.25, 0.3) is 0 Å². The van der Waals surface area contributed by atoms with Crippen molar-refractivity contribution < 1.29 is 86.1 Å². The van der Waals surface area contributed by atoms with Crippen LogP contribution in [0.2, 0.25) is 0 Å². The summed E-state index contributed by atoms with van der Waals surface area (Å²) in [7, 11) is 0. The minimum Gasteiger partial charge on any atom is -0.465 e. The summed E-state index contributed by atoms with van der Waals surface area (Å²) in [5, 5.41) is 13.6.